The first-order valence-electron chi connectivity index (χ1n) is 11.8. The molecule has 0 aromatic heterocycles. The largest absolute Gasteiger partial charge is 0.507 e. The van der Waals surface area contributed by atoms with Crippen LogP contribution in [0.15, 0.2) is 66.2 Å². The summed E-state index contributed by atoms with van der Waals surface area (Å²) < 4.78 is 22.0. The van der Waals surface area contributed by atoms with Crippen molar-refractivity contribution in [3.8, 4) is 23.0 Å². The molecule has 1 fully saturated rings. The molecule has 1 unspecified atom stereocenters. The summed E-state index contributed by atoms with van der Waals surface area (Å²) in [6.07, 6.45) is 0. The Morgan fingerprint density at radius 3 is 2.27 bits per heavy atom. The average molecular weight is 504 g/mol. The lowest BCUT2D eigenvalue weighted by molar-refractivity contribution is -0.132. The highest BCUT2D eigenvalue weighted by Crippen LogP contribution is 2.46. The summed E-state index contributed by atoms with van der Waals surface area (Å²) in [5.41, 5.74) is 2.02. The van der Waals surface area contributed by atoms with Crippen LogP contribution in [0.3, 0.4) is 0 Å². The van der Waals surface area contributed by atoms with Gasteiger partial charge in [-0.3, -0.25) is 14.5 Å². The normalized spacial score (nSPS) is 16.6. The highest BCUT2D eigenvalue weighted by atomic mass is 16.5. The first kappa shape index (κ1) is 25.6. The van der Waals surface area contributed by atoms with Crippen LogP contribution in [0.2, 0.25) is 0 Å². The number of Topliss-reactive ketones (excluding diaryl/α,β-unsaturated/α-hetero) is 1. The van der Waals surface area contributed by atoms with Crippen molar-refractivity contribution in [2.45, 2.75) is 19.9 Å². The number of benzene rings is 3. The van der Waals surface area contributed by atoms with Crippen molar-refractivity contribution < 1.29 is 33.6 Å². The lowest BCUT2D eigenvalue weighted by Gasteiger charge is -2.27. The number of anilines is 1. The van der Waals surface area contributed by atoms with E-state index >= 15 is 0 Å². The fourth-order valence-electron chi connectivity index (χ4n) is 4.53. The molecule has 192 valence electrons. The van der Waals surface area contributed by atoms with Gasteiger partial charge in [0.25, 0.3) is 11.7 Å². The highest BCUT2D eigenvalue weighted by molar-refractivity contribution is 6.52. The number of nitrogens with zero attached hydrogens (tertiary/aromatic N) is 1. The van der Waals surface area contributed by atoms with E-state index < -0.39 is 17.7 Å². The standard InChI is InChI=1S/C29H29NO7/c1-6-37-24-16-18(11-14-23(24)36-5)26-25(27(31)20-13-12-19(34-3)15-17(20)2)28(32)29(33)30(26)21-9-7-8-10-22(21)35-4/h7-16,26,31H,6H2,1-5H3/b27-25+. The number of aryl methyl sites for hydroxylation is 1. The molecule has 0 bridgehead atoms. The molecule has 1 aliphatic rings. The van der Waals surface area contributed by atoms with Gasteiger partial charge in [0.1, 0.15) is 17.3 Å². The van der Waals surface area contributed by atoms with Crippen LogP contribution < -0.4 is 23.8 Å². The topological polar surface area (TPSA) is 94.5 Å². The number of carbonyl (C=O) groups is 2. The zero-order chi connectivity index (χ0) is 26.7. The average Bonchev–Trinajstić information content (AvgIpc) is 3.18. The molecule has 1 saturated heterocycles. The minimum Gasteiger partial charge on any atom is -0.507 e. The van der Waals surface area contributed by atoms with Gasteiger partial charge < -0.3 is 24.1 Å². The molecule has 0 spiro atoms. The van der Waals surface area contributed by atoms with Crippen LogP contribution in [0.4, 0.5) is 5.69 Å². The quantitative estimate of drug-likeness (QED) is 0.261. The fraction of sp³-hybridized carbons (Fsp3) is 0.241. The first-order chi connectivity index (χ1) is 17.9. The number of rotatable bonds is 8. The maximum Gasteiger partial charge on any atom is 0.300 e. The second-order valence-electron chi connectivity index (χ2n) is 8.37. The zero-order valence-corrected chi connectivity index (χ0v) is 21.4. The van der Waals surface area contributed by atoms with Crippen molar-refractivity contribution in [3.05, 3.63) is 82.9 Å². The Morgan fingerprint density at radius 1 is 0.892 bits per heavy atom. The van der Waals surface area contributed by atoms with E-state index in [0.29, 0.717) is 52.0 Å². The van der Waals surface area contributed by atoms with Gasteiger partial charge in [0.15, 0.2) is 11.5 Å². The summed E-state index contributed by atoms with van der Waals surface area (Å²) in [4.78, 5) is 28.4. The van der Waals surface area contributed by atoms with Crippen LogP contribution >= 0.6 is 0 Å². The zero-order valence-electron chi connectivity index (χ0n) is 21.4. The van der Waals surface area contributed by atoms with Crippen molar-refractivity contribution in [2.24, 2.45) is 0 Å². The summed E-state index contributed by atoms with van der Waals surface area (Å²) in [5, 5.41) is 11.5. The molecule has 4 rings (SSSR count). The predicted octanol–water partition coefficient (Wildman–Crippen LogP) is 5.05. The number of aliphatic hydroxyl groups is 1. The first-order valence-corrected chi connectivity index (χ1v) is 11.8. The molecule has 8 nitrogen and oxygen atoms in total. The van der Waals surface area contributed by atoms with E-state index in [2.05, 4.69) is 0 Å². The number of para-hydroxylation sites is 2. The fourth-order valence-corrected chi connectivity index (χ4v) is 4.53. The number of amides is 1. The Kier molecular flexibility index (Phi) is 7.38. The second-order valence-corrected chi connectivity index (χ2v) is 8.37. The Bertz CT molecular complexity index is 1380. The van der Waals surface area contributed by atoms with E-state index in [4.69, 9.17) is 18.9 Å². The molecule has 0 aliphatic carbocycles. The van der Waals surface area contributed by atoms with Crippen LogP contribution in [0.5, 0.6) is 23.0 Å². The number of hydrogen-bond acceptors (Lipinski definition) is 7. The third kappa shape index (κ3) is 4.58. The van der Waals surface area contributed by atoms with Crippen LogP contribution in [0.1, 0.15) is 29.7 Å². The van der Waals surface area contributed by atoms with Crippen LogP contribution in [0.25, 0.3) is 5.76 Å². The minimum absolute atomic E-state index is 0.0446. The molecule has 0 saturated carbocycles. The van der Waals surface area contributed by atoms with E-state index in [1.807, 2.05) is 6.92 Å². The maximum atomic E-state index is 13.5. The Morgan fingerprint density at radius 2 is 1.62 bits per heavy atom. The number of aliphatic hydroxyl groups excluding tert-OH is 1. The van der Waals surface area contributed by atoms with E-state index in [0.717, 1.165) is 0 Å². The van der Waals surface area contributed by atoms with Crippen molar-refractivity contribution >= 4 is 23.1 Å². The second kappa shape index (κ2) is 10.7. The van der Waals surface area contributed by atoms with Crippen LogP contribution in [-0.4, -0.2) is 44.7 Å². The number of methoxy groups -OCH3 is 3. The molecule has 37 heavy (non-hydrogen) atoms. The van der Waals surface area contributed by atoms with Gasteiger partial charge in [-0.25, -0.2) is 0 Å². The van der Waals surface area contributed by atoms with E-state index in [9.17, 15) is 14.7 Å². The molecule has 0 radical (unpaired) electrons. The Balaban J connectivity index is 2.00. The van der Waals surface area contributed by atoms with Crippen molar-refractivity contribution in [1.82, 2.24) is 0 Å². The number of hydrogen-bond donors (Lipinski definition) is 1. The smallest absolute Gasteiger partial charge is 0.300 e. The summed E-state index contributed by atoms with van der Waals surface area (Å²) >= 11 is 0. The van der Waals surface area contributed by atoms with E-state index in [1.54, 1.807) is 74.7 Å². The van der Waals surface area contributed by atoms with Gasteiger partial charge in [0.2, 0.25) is 0 Å². The number of ketones is 1. The summed E-state index contributed by atoms with van der Waals surface area (Å²) in [6.45, 7) is 4.03. The van der Waals surface area contributed by atoms with Gasteiger partial charge in [0, 0.05) is 5.56 Å². The summed E-state index contributed by atoms with van der Waals surface area (Å²) in [6, 6.07) is 16.2. The molecular weight excluding hydrogens is 474 g/mol. The van der Waals surface area contributed by atoms with Crippen LogP contribution in [-0.2, 0) is 9.59 Å². The van der Waals surface area contributed by atoms with Crippen molar-refractivity contribution in [3.63, 3.8) is 0 Å². The highest BCUT2D eigenvalue weighted by Gasteiger charge is 2.48. The van der Waals surface area contributed by atoms with Gasteiger partial charge in [-0.15, -0.1) is 0 Å². The Hall–Kier alpha value is -4.46. The van der Waals surface area contributed by atoms with Gasteiger partial charge >= 0.3 is 0 Å². The Labute approximate surface area is 215 Å². The van der Waals surface area contributed by atoms with Crippen molar-refractivity contribution in [2.75, 3.05) is 32.8 Å². The third-order valence-corrected chi connectivity index (χ3v) is 6.28. The predicted molar refractivity (Wildman–Crippen MR) is 140 cm³/mol. The molecule has 1 aliphatic heterocycles. The third-order valence-electron chi connectivity index (χ3n) is 6.28. The van der Waals surface area contributed by atoms with E-state index in [1.165, 1.54) is 19.1 Å². The SMILES string of the molecule is CCOc1cc(C2/C(=C(\O)c3ccc(OC)cc3C)C(=O)C(=O)N2c2ccccc2OC)ccc1OC. The molecule has 1 atom stereocenters. The maximum absolute atomic E-state index is 13.5. The number of carbonyl (C=O) groups excluding carboxylic acids is 2. The van der Waals surface area contributed by atoms with Gasteiger partial charge in [-0.2, -0.15) is 0 Å². The molecule has 3 aromatic rings. The molecular formula is C29H29NO7. The van der Waals surface area contributed by atoms with Gasteiger partial charge in [-0.05, 0) is 67.4 Å². The lowest BCUT2D eigenvalue weighted by atomic mass is 9.93. The monoisotopic (exact) mass is 503 g/mol. The minimum atomic E-state index is -0.956. The number of ether oxygens (including phenoxy) is 4. The molecule has 3 aromatic carbocycles. The summed E-state index contributed by atoms with van der Waals surface area (Å²) in [5.74, 6) is 0.104. The molecule has 1 amide bonds. The molecule has 1 N–H and O–H groups in total. The van der Waals surface area contributed by atoms with Gasteiger partial charge in [0.05, 0.1) is 45.2 Å². The van der Waals surface area contributed by atoms with Crippen LogP contribution in [0, 0.1) is 6.92 Å². The van der Waals surface area contributed by atoms with Crippen molar-refractivity contribution in [1.29, 1.82) is 0 Å². The van der Waals surface area contributed by atoms with E-state index in [-0.39, 0.29) is 11.3 Å². The molecule has 8 heteroatoms. The lowest BCUT2D eigenvalue weighted by Crippen LogP contribution is -2.29. The summed E-state index contributed by atoms with van der Waals surface area (Å²) in [7, 11) is 4.57. The molecule has 1 heterocycles. The van der Waals surface area contributed by atoms with Gasteiger partial charge in [-0.1, -0.05) is 18.2 Å².